The predicted octanol–water partition coefficient (Wildman–Crippen LogP) is 2.41. The van der Waals surface area contributed by atoms with Crippen LogP contribution in [0.5, 0.6) is 5.75 Å². The van der Waals surface area contributed by atoms with Crippen LogP contribution in [-0.2, 0) is 11.2 Å². The van der Waals surface area contributed by atoms with E-state index in [9.17, 15) is 4.79 Å². The highest BCUT2D eigenvalue weighted by molar-refractivity contribution is 5.85. The van der Waals surface area contributed by atoms with E-state index in [1.807, 2.05) is 6.07 Å². The van der Waals surface area contributed by atoms with Crippen LogP contribution in [0.3, 0.4) is 0 Å². The number of benzene rings is 1. The van der Waals surface area contributed by atoms with E-state index >= 15 is 0 Å². The third-order valence-corrected chi connectivity index (χ3v) is 4.76. The summed E-state index contributed by atoms with van der Waals surface area (Å²) in [7, 11) is 0. The minimum atomic E-state index is -0.378. The standard InChI is InChI=1S/C17H24N2O2.ClH/c1-10-7-12-9-16(21-15(12)8-11(10)2)17(20)19-14-5-3-13(18)4-6-14;/h7-8,13-14,16H,3-6,9,18H2,1-2H3,(H,19,20);1H. The number of nitrogens with two attached hydrogens (primary N) is 1. The lowest BCUT2D eigenvalue weighted by Crippen LogP contribution is -2.45. The Balaban J connectivity index is 0.00000176. The maximum Gasteiger partial charge on any atom is 0.261 e. The molecule has 1 atom stereocenters. The van der Waals surface area contributed by atoms with Crippen molar-refractivity contribution in [3.63, 3.8) is 0 Å². The molecule has 1 heterocycles. The van der Waals surface area contributed by atoms with Crippen molar-refractivity contribution in [1.29, 1.82) is 0 Å². The Labute approximate surface area is 138 Å². The number of fused-ring (bicyclic) bond motifs is 1. The zero-order chi connectivity index (χ0) is 15.0. The maximum atomic E-state index is 12.4. The number of aryl methyl sites for hydroxylation is 2. The lowest BCUT2D eigenvalue weighted by atomic mass is 9.91. The summed E-state index contributed by atoms with van der Waals surface area (Å²) in [4.78, 5) is 12.4. The van der Waals surface area contributed by atoms with Crippen LogP contribution in [0, 0.1) is 13.8 Å². The van der Waals surface area contributed by atoms with E-state index in [-0.39, 0.29) is 30.5 Å². The summed E-state index contributed by atoms with van der Waals surface area (Å²) >= 11 is 0. The highest BCUT2D eigenvalue weighted by atomic mass is 35.5. The highest BCUT2D eigenvalue weighted by Gasteiger charge is 2.31. The Bertz CT molecular complexity index is 523. The molecule has 1 amide bonds. The Morgan fingerprint density at radius 2 is 1.82 bits per heavy atom. The van der Waals surface area contributed by atoms with Crippen LogP contribution in [0.1, 0.15) is 42.4 Å². The van der Waals surface area contributed by atoms with Gasteiger partial charge in [0.2, 0.25) is 0 Å². The molecule has 5 heteroatoms. The summed E-state index contributed by atoms with van der Waals surface area (Å²) in [5.41, 5.74) is 9.50. The second kappa shape index (κ2) is 6.88. The van der Waals surface area contributed by atoms with Crippen LogP contribution in [-0.4, -0.2) is 24.1 Å². The zero-order valence-electron chi connectivity index (χ0n) is 13.2. The topological polar surface area (TPSA) is 64.3 Å². The van der Waals surface area contributed by atoms with Gasteiger partial charge in [-0.25, -0.2) is 0 Å². The van der Waals surface area contributed by atoms with Gasteiger partial charge in [0.15, 0.2) is 6.10 Å². The van der Waals surface area contributed by atoms with E-state index < -0.39 is 0 Å². The molecule has 2 aliphatic rings. The van der Waals surface area contributed by atoms with Gasteiger partial charge in [-0.3, -0.25) is 4.79 Å². The second-order valence-electron chi connectivity index (χ2n) is 6.48. The molecule has 0 bridgehead atoms. The molecule has 1 unspecified atom stereocenters. The second-order valence-corrected chi connectivity index (χ2v) is 6.48. The van der Waals surface area contributed by atoms with Crippen LogP contribution < -0.4 is 15.8 Å². The zero-order valence-corrected chi connectivity index (χ0v) is 14.0. The number of carbonyl (C=O) groups excluding carboxylic acids is 1. The van der Waals surface area contributed by atoms with Gasteiger partial charge in [0, 0.05) is 18.5 Å². The molecular formula is C17H25ClN2O2. The van der Waals surface area contributed by atoms with Crippen LogP contribution >= 0.6 is 12.4 Å². The number of halogens is 1. The van der Waals surface area contributed by atoms with Crippen LogP contribution in [0.25, 0.3) is 0 Å². The lowest BCUT2D eigenvalue weighted by Gasteiger charge is -2.27. The maximum absolute atomic E-state index is 12.4. The third kappa shape index (κ3) is 3.55. The lowest BCUT2D eigenvalue weighted by molar-refractivity contribution is -0.128. The SMILES string of the molecule is Cc1cc2c(cc1C)OC(C(=O)NC1CCC(N)CC1)C2.Cl. The Morgan fingerprint density at radius 3 is 2.50 bits per heavy atom. The number of rotatable bonds is 2. The molecule has 0 saturated heterocycles. The van der Waals surface area contributed by atoms with Gasteiger partial charge in [-0.1, -0.05) is 6.07 Å². The molecule has 0 aromatic heterocycles. The normalized spacial score (nSPS) is 26.6. The predicted molar refractivity (Wildman–Crippen MR) is 89.7 cm³/mol. The summed E-state index contributed by atoms with van der Waals surface area (Å²) in [6.07, 6.45) is 4.24. The Hall–Kier alpha value is -1.26. The van der Waals surface area contributed by atoms with Gasteiger partial charge in [0.1, 0.15) is 5.75 Å². The van der Waals surface area contributed by atoms with E-state index in [4.69, 9.17) is 10.5 Å². The first kappa shape index (κ1) is 17.1. The van der Waals surface area contributed by atoms with Crippen LogP contribution in [0.2, 0.25) is 0 Å². The van der Waals surface area contributed by atoms with E-state index in [1.165, 1.54) is 11.1 Å². The molecule has 122 valence electrons. The molecule has 1 aliphatic heterocycles. The fraction of sp³-hybridized carbons (Fsp3) is 0.588. The van der Waals surface area contributed by atoms with Gasteiger partial charge in [0.25, 0.3) is 5.91 Å². The van der Waals surface area contributed by atoms with Crippen LogP contribution in [0.15, 0.2) is 12.1 Å². The van der Waals surface area contributed by atoms with E-state index in [2.05, 4.69) is 25.2 Å². The summed E-state index contributed by atoms with van der Waals surface area (Å²) in [5.74, 6) is 0.880. The van der Waals surface area contributed by atoms with Gasteiger partial charge in [-0.15, -0.1) is 12.4 Å². The Morgan fingerprint density at radius 1 is 1.18 bits per heavy atom. The van der Waals surface area contributed by atoms with Crippen molar-refractivity contribution in [1.82, 2.24) is 5.32 Å². The van der Waals surface area contributed by atoms with Crippen molar-refractivity contribution in [2.75, 3.05) is 0 Å². The largest absolute Gasteiger partial charge is 0.480 e. The van der Waals surface area contributed by atoms with Gasteiger partial charge >= 0.3 is 0 Å². The highest BCUT2D eigenvalue weighted by Crippen LogP contribution is 2.31. The summed E-state index contributed by atoms with van der Waals surface area (Å²) in [6, 6.07) is 4.74. The van der Waals surface area contributed by atoms with Crippen molar-refractivity contribution in [2.45, 2.75) is 64.1 Å². The Kier molecular flexibility index (Phi) is 5.35. The molecule has 3 rings (SSSR count). The fourth-order valence-electron chi connectivity index (χ4n) is 3.22. The van der Waals surface area contributed by atoms with Crippen molar-refractivity contribution < 1.29 is 9.53 Å². The van der Waals surface area contributed by atoms with E-state index in [0.29, 0.717) is 12.5 Å². The number of carbonyl (C=O) groups is 1. The van der Waals surface area contributed by atoms with Gasteiger partial charge in [0.05, 0.1) is 0 Å². The smallest absolute Gasteiger partial charge is 0.261 e. The van der Waals surface area contributed by atoms with E-state index in [1.54, 1.807) is 0 Å². The molecule has 0 spiro atoms. The van der Waals surface area contributed by atoms with Gasteiger partial charge < -0.3 is 15.8 Å². The molecule has 3 N–H and O–H groups in total. The quantitative estimate of drug-likeness (QED) is 0.878. The average Bonchev–Trinajstić information content (AvgIpc) is 2.85. The van der Waals surface area contributed by atoms with Crippen molar-refractivity contribution in [3.8, 4) is 5.75 Å². The molecular weight excluding hydrogens is 300 g/mol. The number of amides is 1. The molecule has 1 aromatic rings. The number of nitrogens with one attached hydrogen (secondary N) is 1. The van der Waals surface area contributed by atoms with Crippen LogP contribution in [0.4, 0.5) is 0 Å². The number of hydrogen-bond acceptors (Lipinski definition) is 3. The van der Waals surface area contributed by atoms with Gasteiger partial charge in [-0.2, -0.15) is 0 Å². The first-order valence-electron chi connectivity index (χ1n) is 7.85. The van der Waals surface area contributed by atoms with E-state index in [0.717, 1.165) is 37.0 Å². The summed E-state index contributed by atoms with van der Waals surface area (Å²) < 4.78 is 5.83. The third-order valence-electron chi connectivity index (χ3n) is 4.76. The molecule has 1 aromatic carbocycles. The first-order valence-corrected chi connectivity index (χ1v) is 7.85. The minimum Gasteiger partial charge on any atom is -0.480 e. The molecule has 1 aliphatic carbocycles. The molecule has 22 heavy (non-hydrogen) atoms. The van der Waals surface area contributed by atoms with Crippen molar-refractivity contribution in [3.05, 3.63) is 28.8 Å². The van der Waals surface area contributed by atoms with Crippen molar-refractivity contribution >= 4 is 18.3 Å². The average molecular weight is 325 g/mol. The summed E-state index contributed by atoms with van der Waals surface area (Å²) in [5, 5.41) is 3.13. The molecule has 0 radical (unpaired) electrons. The molecule has 4 nitrogen and oxygen atoms in total. The molecule has 1 saturated carbocycles. The minimum absolute atomic E-state index is 0. The molecule has 1 fully saturated rings. The number of hydrogen-bond donors (Lipinski definition) is 2. The fourth-order valence-corrected chi connectivity index (χ4v) is 3.22. The monoisotopic (exact) mass is 324 g/mol. The number of ether oxygens (including phenoxy) is 1. The van der Waals surface area contributed by atoms with Crippen molar-refractivity contribution in [2.24, 2.45) is 5.73 Å². The van der Waals surface area contributed by atoms with Gasteiger partial charge in [-0.05, 0) is 62.3 Å². The summed E-state index contributed by atoms with van der Waals surface area (Å²) in [6.45, 7) is 4.16. The first-order chi connectivity index (χ1) is 10.0.